The summed E-state index contributed by atoms with van der Waals surface area (Å²) in [6, 6.07) is 0.860. The first-order valence-corrected chi connectivity index (χ1v) is 8.16. The molecule has 0 aromatic heterocycles. The Morgan fingerprint density at radius 1 is 1.30 bits per heavy atom. The zero-order valence-electron chi connectivity index (χ0n) is 13.2. The van der Waals surface area contributed by atoms with E-state index in [2.05, 4.69) is 30.8 Å². The number of carbonyl (C=O) groups is 1. The van der Waals surface area contributed by atoms with Gasteiger partial charge in [-0.1, -0.05) is 19.8 Å². The van der Waals surface area contributed by atoms with Crippen molar-refractivity contribution in [1.82, 2.24) is 9.80 Å². The molecule has 1 saturated heterocycles. The third kappa shape index (κ3) is 3.53. The van der Waals surface area contributed by atoms with Gasteiger partial charge in [0.15, 0.2) is 0 Å². The fourth-order valence-electron chi connectivity index (χ4n) is 4.08. The molecule has 0 aromatic rings. The van der Waals surface area contributed by atoms with Crippen molar-refractivity contribution in [2.24, 2.45) is 11.8 Å². The lowest BCUT2D eigenvalue weighted by Gasteiger charge is -2.39. The van der Waals surface area contributed by atoms with Gasteiger partial charge >= 0.3 is 5.97 Å². The monoisotopic (exact) mass is 282 g/mol. The second-order valence-electron chi connectivity index (χ2n) is 6.88. The van der Waals surface area contributed by atoms with Gasteiger partial charge in [-0.2, -0.15) is 0 Å². The Hall–Kier alpha value is -0.610. The van der Waals surface area contributed by atoms with Crippen LogP contribution in [0.15, 0.2) is 0 Å². The first-order valence-electron chi connectivity index (χ1n) is 8.16. The Labute approximate surface area is 123 Å². The Balaban J connectivity index is 2.02. The summed E-state index contributed by atoms with van der Waals surface area (Å²) in [7, 11) is 4.26. The Kier molecular flexibility index (Phi) is 5.44. The SMILES string of the molecule is CCCC1CCC(C(=O)O)C(N2CCC(N(C)C)C2)C1. The smallest absolute Gasteiger partial charge is 0.308 e. The van der Waals surface area contributed by atoms with Gasteiger partial charge in [-0.25, -0.2) is 0 Å². The van der Waals surface area contributed by atoms with Crippen LogP contribution in [0.2, 0.25) is 0 Å². The molecule has 0 aromatic carbocycles. The molecular weight excluding hydrogens is 252 g/mol. The number of likely N-dealkylation sites (N-methyl/N-ethyl adjacent to an activating group) is 1. The molecule has 1 N–H and O–H groups in total. The van der Waals surface area contributed by atoms with Crippen molar-refractivity contribution in [3.05, 3.63) is 0 Å². The summed E-state index contributed by atoms with van der Waals surface area (Å²) in [4.78, 5) is 16.3. The van der Waals surface area contributed by atoms with E-state index in [9.17, 15) is 9.90 Å². The van der Waals surface area contributed by atoms with Crippen LogP contribution in [0.1, 0.15) is 45.4 Å². The molecule has 20 heavy (non-hydrogen) atoms. The first-order chi connectivity index (χ1) is 9.52. The van der Waals surface area contributed by atoms with Crippen molar-refractivity contribution in [2.75, 3.05) is 27.2 Å². The number of carboxylic acid groups (broad SMARTS) is 1. The van der Waals surface area contributed by atoms with Crippen LogP contribution in [-0.4, -0.2) is 60.1 Å². The summed E-state index contributed by atoms with van der Waals surface area (Å²) in [6.45, 7) is 4.34. The maximum atomic E-state index is 11.6. The number of rotatable bonds is 5. The fraction of sp³-hybridized carbons (Fsp3) is 0.938. The molecule has 1 aliphatic heterocycles. The number of aliphatic carboxylic acids is 1. The van der Waals surface area contributed by atoms with Crippen LogP contribution in [0.4, 0.5) is 0 Å². The molecule has 4 unspecified atom stereocenters. The van der Waals surface area contributed by atoms with Crippen molar-refractivity contribution in [3.8, 4) is 0 Å². The highest BCUT2D eigenvalue weighted by Gasteiger charge is 2.40. The second kappa shape index (κ2) is 6.90. The van der Waals surface area contributed by atoms with Gasteiger partial charge in [-0.15, -0.1) is 0 Å². The average molecular weight is 282 g/mol. The normalized spacial score (nSPS) is 35.6. The van der Waals surface area contributed by atoms with E-state index in [4.69, 9.17) is 0 Å². The van der Waals surface area contributed by atoms with Gasteiger partial charge in [0, 0.05) is 25.2 Å². The van der Waals surface area contributed by atoms with Gasteiger partial charge in [0.2, 0.25) is 0 Å². The van der Waals surface area contributed by atoms with Gasteiger partial charge in [0.05, 0.1) is 5.92 Å². The van der Waals surface area contributed by atoms with Crippen LogP contribution in [0, 0.1) is 11.8 Å². The van der Waals surface area contributed by atoms with Crippen LogP contribution >= 0.6 is 0 Å². The molecule has 4 heteroatoms. The zero-order valence-corrected chi connectivity index (χ0v) is 13.2. The van der Waals surface area contributed by atoms with Crippen LogP contribution in [0.5, 0.6) is 0 Å². The zero-order chi connectivity index (χ0) is 14.7. The van der Waals surface area contributed by atoms with Gasteiger partial charge in [-0.3, -0.25) is 9.69 Å². The second-order valence-corrected chi connectivity index (χ2v) is 6.88. The first kappa shape index (κ1) is 15.8. The van der Waals surface area contributed by atoms with E-state index in [-0.39, 0.29) is 12.0 Å². The molecule has 2 aliphatic rings. The van der Waals surface area contributed by atoms with Crippen molar-refractivity contribution in [1.29, 1.82) is 0 Å². The topological polar surface area (TPSA) is 43.8 Å². The molecule has 1 aliphatic carbocycles. The van der Waals surface area contributed by atoms with Crippen LogP contribution in [0.25, 0.3) is 0 Å². The molecule has 1 saturated carbocycles. The third-order valence-corrected chi connectivity index (χ3v) is 5.33. The number of hydrogen-bond donors (Lipinski definition) is 1. The lowest BCUT2D eigenvalue weighted by atomic mass is 9.76. The minimum Gasteiger partial charge on any atom is -0.481 e. The largest absolute Gasteiger partial charge is 0.481 e. The molecule has 4 atom stereocenters. The Morgan fingerprint density at radius 3 is 2.60 bits per heavy atom. The molecule has 4 nitrogen and oxygen atoms in total. The van der Waals surface area contributed by atoms with Crippen molar-refractivity contribution in [3.63, 3.8) is 0 Å². The molecular formula is C16H30N2O2. The van der Waals surface area contributed by atoms with E-state index in [0.717, 1.165) is 38.3 Å². The molecule has 0 spiro atoms. The predicted molar refractivity (Wildman–Crippen MR) is 80.8 cm³/mol. The van der Waals surface area contributed by atoms with Gasteiger partial charge < -0.3 is 10.0 Å². The van der Waals surface area contributed by atoms with Gasteiger partial charge in [-0.05, 0) is 45.7 Å². The highest BCUT2D eigenvalue weighted by molar-refractivity contribution is 5.71. The van der Waals surface area contributed by atoms with Crippen molar-refractivity contribution >= 4 is 5.97 Å². The van der Waals surface area contributed by atoms with E-state index < -0.39 is 5.97 Å². The molecule has 0 amide bonds. The summed E-state index contributed by atoms with van der Waals surface area (Å²) in [5.74, 6) is 0.00118. The molecule has 2 rings (SSSR count). The highest BCUT2D eigenvalue weighted by atomic mass is 16.4. The maximum absolute atomic E-state index is 11.6. The van der Waals surface area contributed by atoms with Crippen LogP contribution < -0.4 is 0 Å². The van der Waals surface area contributed by atoms with E-state index in [1.54, 1.807) is 0 Å². The molecule has 2 fully saturated rings. The Bertz CT molecular complexity index is 332. The third-order valence-electron chi connectivity index (χ3n) is 5.33. The minimum atomic E-state index is -0.585. The lowest BCUT2D eigenvalue weighted by Crippen LogP contribution is -2.47. The van der Waals surface area contributed by atoms with Crippen molar-refractivity contribution in [2.45, 2.75) is 57.5 Å². The summed E-state index contributed by atoms with van der Waals surface area (Å²) < 4.78 is 0. The highest BCUT2D eigenvalue weighted by Crippen LogP contribution is 2.36. The Morgan fingerprint density at radius 2 is 2.05 bits per heavy atom. The van der Waals surface area contributed by atoms with Gasteiger partial charge in [0.1, 0.15) is 0 Å². The van der Waals surface area contributed by atoms with E-state index in [1.807, 2.05) is 0 Å². The number of hydrogen-bond acceptors (Lipinski definition) is 3. The standard InChI is InChI=1S/C16H30N2O2/c1-4-5-12-6-7-14(16(19)20)15(10-12)18-9-8-13(11-18)17(2)3/h12-15H,4-11H2,1-3H3,(H,19,20). The lowest BCUT2D eigenvalue weighted by molar-refractivity contribution is -0.146. The maximum Gasteiger partial charge on any atom is 0.308 e. The fourth-order valence-corrected chi connectivity index (χ4v) is 4.08. The summed E-state index contributed by atoms with van der Waals surface area (Å²) >= 11 is 0. The van der Waals surface area contributed by atoms with Crippen molar-refractivity contribution < 1.29 is 9.90 Å². The molecule has 0 radical (unpaired) electrons. The van der Waals surface area contributed by atoms with Crippen LogP contribution in [-0.2, 0) is 4.79 Å². The van der Waals surface area contributed by atoms with E-state index in [1.165, 1.54) is 19.3 Å². The summed E-state index contributed by atoms with van der Waals surface area (Å²) in [5, 5.41) is 9.52. The number of likely N-dealkylation sites (tertiary alicyclic amines) is 1. The molecule has 116 valence electrons. The quantitative estimate of drug-likeness (QED) is 0.840. The number of nitrogens with zero attached hydrogens (tertiary/aromatic N) is 2. The van der Waals surface area contributed by atoms with E-state index in [0.29, 0.717) is 6.04 Å². The molecule has 1 heterocycles. The molecule has 0 bridgehead atoms. The average Bonchev–Trinajstić information content (AvgIpc) is 2.88. The van der Waals surface area contributed by atoms with Crippen LogP contribution in [0.3, 0.4) is 0 Å². The predicted octanol–water partition coefficient (Wildman–Crippen LogP) is 2.29. The van der Waals surface area contributed by atoms with Gasteiger partial charge in [0.25, 0.3) is 0 Å². The number of carboxylic acids is 1. The van der Waals surface area contributed by atoms with E-state index >= 15 is 0 Å². The summed E-state index contributed by atoms with van der Waals surface area (Å²) in [6.07, 6.45) is 6.71. The summed E-state index contributed by atoms with van der Waals surface area (Å²) in [5.41, 5.74) is 0. The minimum absolute atomic E-state index is 0.149.